The number of carbonyl (C=O) groups is 1. The largest absolute Gasteiger partial charge is 0.378 e. The first-order valence-electron chi connectivity index (χ1n) is 8.37. The van der Waals surface area contributed by atoms with Gasteiger partial charge in [-0.05, 0) is 42.8 Å². The molecule has 1 amide bonds. The second-order valence-corrected chi connectivity index (χ2v) is 8.29. The van der Waals surface area contributed by atoms with Gasteiger partial charge in [-0.2, -0.15) is 0 Å². The Bertz CT molecular complexity index is 908. The number of thioether (sulfide) groups is 1. The molecule has 0 aliphatic heterocycles. The lowest BCUT2D eigenvalue weighted by Crippen LogP contribution is -2.14. The molecule has 3 aromatic rings. The Morgan fingerprint density at radius 2 is 1.85 bits per heavy atom. The average molecular weight is 400 g/mol. The monoisotopic (exact) mass is 399 g/mol. The molecule has 0 unspecified atom stereocenters. The van der Waals surface area contributed by atoms with Crippen LogP contribution in [0.1, 0.15) is 5.56 Å². The van der Waals surface area contributed by atoms with Gasteiger partial charge in [0.1, 0.15) is 0 Å². The summed E-state index contributed by atoms with van der Waals surface area (Å²) in [6, 6.07) is 15.7. The SMILES string of the molecule is Cc1ccccc1Nc1nnc(SCC(=O)Nc2ccc(N(C)C)cc2)s1. The van der Waals surface area contributed by atoms with Crippen LogP contribution < -0.4 is 15.5 Å². The molecule has 2 aromatic carbocycles. The molecule has 0 atom stereocenters. The number of carbonyl (C=O) groups excluding carboxylic acids is 1. The van der Waals surface area contributed by atoms with E-state index in [1.807, 2.05) is 74.4 Å². The van der Waals surface area contributed by atoms with Crippen molar-refractivity contribution in [2.45, 2.75) is 11.3 Å². The number of hydrogen-bond acceptors (Lipinski definition) is 7. The van der Waals surface area contributed by atoms with Crippen LogP contribution in [0.2, 0.25) is 0 Å². The number of hydrogen-bond donors (Lipinski definition) is 2. The van der Waals surface area contributed by atoms with E-state index in [1.165, 1.54) is 23.1 Å². The van der Waals surface area contributed by atoms with Gasteiger partial charge in [0, 0.05) is 31.2 Å². The van der Waals surface area contributed by atoms with Crippen LogP contribution in [0.25, 0.3) is 0 Å². The summed E-state index contributed by atoms with van der Waals surface area (Å²) in [6.07, 6.45) is 0. The van der Waals surface area contributed by atoms with Crippen LogP contribution in [0.3, 0.4) is 0 Å². The molecule has 0 fully saturated rings. The maximum Gasteiger partial charge on any atom is 0.234 e. The molecule has 3 rings (SSSR count). The van der Waals surface area contributed by atoms with Gasteiger partial charge in [-0.15, -0.1) is 10.2 Å². The van der Waals surface area contributed by atoms with Gasteiger partial charge in [0.25, 0.3) is 0 Å². The number of amides is 1. The minimum absolute atomic E-state index is 0.0683. The minimum atomic E-state index is -0.0683. The summed E-state index contributed by atoms with van der Waals surface area (Å²) in [4.78, 5) is 14.2. The van der Waals surface area contributed by atoms with Crippen molar-refractivity contribution in [2.75, 3.05) is 35.4 Å². The fourth-order valence-corrected chi connectivity index (χ4v) is 3.88. The summed E-state index contributed by atoms with van der Waals surface area (Å²) >= 11 is 2.81. The zero-order valence-corrected chi connectivity index (χ0v) is 17.0. The molecule has 1 aromatic heterocycles. The highest BCUT2D eigenvalue weighted by molar-refractivity contribution is 8.01. The maximum atomic E-state index is 12.1. The molecule has 6 nitrogen and oxygen atoms in total. The molecule has 0 radical (unpaired) electrons. The van der Waals surface area contributed by atoms with Gasteiger partial charge in [-0.25, -0.2) is 0 Å². The minimum Gasteiger partial charge on any atom is -0.378 e. The second-order valence-electron chi connectivity index (χ2n) is 6.09. The van der Waals surface area contributed by atoms with E-state index in [0.29, 0.717) is 5.13 Å². The van der Waals surface area contributed by atoms with E-state index in [9.17, 15) is 4.79 Å². The van der Waals surface area contributed by atoms with Crippen LogP contribution in [0.15, 0.2) is 52.9 Å². The third-order valence-corrected chi connectivity index (χ3v) is 5.76. The lowest BCUT2D eigenvalue weighted by molar-refractivity contribution is -0.113. The van der Waals surface area contributed by atoms with Gasteiger partial charge in [0.05, 0.1) is 5.75 Å². The highest BCUT2D eigenvalue weighted by atomic mass is 32.2. The van der Waals surface area contributed by atoms with E-state index in [2.05, 4.69) is 20.8 Å². The first kappa shape index (κ1) is 19.2. The standard InChI is InChI=1S/C19H21N5OS2/c1-13-6-4-5-7-16(13)21-18-22-23-19(27-18)26-12-17(25)20-14-8-10-15(11-9-14)24(2)3/h4-11H,12H2,1-3H3,(H,20,25)(H,21,22). The van der Waals surface area contributed by atoms with Crippen LogP contribution in [-0.2, 0) is 4.79 Å². The quantitative estimate of drug-likeness (QED) is 0.574. The smallest absolute Gasteiger partial charge is 0.234 e. The molecule has 2 N–H and O–H groups in total. The van der Waals surface area contributed by atoms with E-state index in [1.54, 1.807) is 0 Å². The Morgan fingerprint density at radius 1 is 1.11 bits per heavy atom. The van der Waals surface area contributed by atoms with Crippen LogP contribution in [0, 0.1) is 6.92 Å². The molecule has 0 aliphatic carbocycles. The van der Waals surface area contributed by atoms with Crippen molar-refractivity contribution in [1.29, 1.82) is 0 Å². The number of anilines is 4. The normalized spacial score (nSPS) is 10.5. The van der Waals surface area contributed by atoms with Crippen molar-refractivity contribution < 1.29 is 4.79 Å². The third kappa shape index (κ3) is 5.45. The number of benzene rings is 2. The van der Waals surface area contributed by atoms with E-state index >= 15 is 0 Å². The summed E-state index contributed by atoms with van der Waals surface area (Å²) in [5.41, 5.74) is 4.01. The number of para-hydroxylation sites is 1. The third-order valence-electron chi connectivity index (χ3n) is 3.79. The highest BCUT2D eigenvalue weighted by Crippen LogP contribution is 2.28. The molecular weight excluding hydrogens is 378 g/mol. The Kier molecular flexibility index (Phi) is 6.31. The summed E-state index contributed by atoms with van der Waals surface area (Å²) in [5.74, 6) is 0.218. The number of aromatic nitrogens is 2. The zero-order chi connectivity index (χ0) is 19.2. The van der Waals surface area contributed by atoms with Crippen molar-refractivity contribution in [1.82, 2.24) is 10.2 Å². The van der Waals surface area contributed by atoms with Gasteiger partial charge in [-0.1, -0.05) is 41.3 Å². The Labute approximate surface area is 167 Å². The number of aryl methyl sites for hydroxylation is 1. The first-order valence-corrected chi connectivity index (χ1v) is 10.2. The molecule has 1 heterocycles. The molecule has 0 bridgehead atoms. The number of nitrogens with zero attached hydrogens (tertiary/aromatic N) is 3. The van der Waals surface area contributed by atoms with Crippen LogP contribution >= 0.6 is 23.1 Å². The zero-order valence-electron chi connectivity index (χ0n) is 15.4. The number of nitrogens with one attached hydrogen (secondary N) is 2. The first-order chi connectivity index (χ1) is 13.0. The van der Waals surface area contributed by atoms with Crippen LogP contribution in [-0.4, -0.2) is 36.0 Å². The summed E-state index contributed by atoms with van der Waals surface area (Å²) in [6.45, 7) is 2.04. The van der Waals surface area contributed by atoms with E-state index < -0.39 is 0 Å². The Hall–Kier alpha value is -2.58. The van der Waals surface area contributed by atoms with Gasteiger partial charge >= 0.3 is 0 Å². The van der Waals surface area contributed by atoms with Crippen LogP contribution in [0.4, 0.5) is 22.2 Å². The summed E-state index contributed by atoms with van der Waals surface area (Å²) in [7, 11) is 3.96. The lowest BCUT2D eigenvalue weighted by Gasteiger charge is -2.12. The molecule has 27 heavy (non-hydrogen) atoms. The van der Waals surface area contributed by atoms with Gasteiger partial charge < -0.3 is 15.5 Å². The topological polar surface area (TPSA) is 70.1 Å². The van der Waals surface area contributed by atoms with Crippen LogP contribution in [0.5, 0.6) is 0 Å². The van der Waals surface area contributed by atoms with Crippen molar-refractivity contribution in [3.63, 3.8) is 0 Å². The fraction of sp³-hybridized carbons (Fsp3) is 0.211. The molecular formula is C19H21N5OS2. The molecule has 0 aliphatic rings. The van der Waals surface area contributed by atoms with Crippen molar-refractivity contribution in [2.24, 2.45) is 0 Å². The van der Waals surface area contributed by atoms with Gasteiger partial charge in [0.15, 0.2) is 4.34 Å². The molecule has 8 heteroatoms. The fourth-order valence-electron chi connectivity index (χ4n) is 2.31. The molecule has 0 saturated carbocycles. The predicted octanol–water partition coefficient (Wildman–Crippen LogP) is 4.39. The van der Waals surface area contributed by atoms with Crippen molar-refractivity contribution in [3.05, 3.63) is 54.1 Å². The van der Waals surface area contributed by atoms with Crippen molar-refractivity contribution in [3.8, 4) is 0 Å². The maximum absolute atomic E-state index is 12.1. The van der Waals surface area contributed by atoms with E-state index in [0.717, 1.165) is 27.0 Å². The van der Waals surface area contributed by atoms with E-state index in [-0.39, 0.29) is 11.7 Å². The molecule has 0 spiro atoms. The molecule has 140 valence electrons. The predicted molar refractivity (Wildman–Crippen MR) is 114 cm³/mol. The van der Waals surface area contributed by atoms with Crippen molar-refractivity contribution >= 4 is 51.2 Å². The number of rotatable bonds is 7. The Morgan fingerprint density at radius 3 is 2.56 bits per heavy atom. The van der Waals surface area contributed by atoms with Gasteiger partial charge in [-0.3, -0.25) is 4.79 Å². The second kappa shape index (κ2) is 8.88. The van der Waals surface area contributed by atoms with Gasteiger partial charge in [0.2, 0.25) is 11.0 Å². The van der Waals surface area contributed by atoms with E-state index in [4.69, 9.17) is 0 Å². The summed E-state index contributed by atoms with van der Waals surface area (Å²) in [5, 5.41) is 15.1. The lowest BCUT2D eigenvalue weighted by atomic mass is 10.2. The highest BCUT2D eigenvalue weighted by Gasteiger charge is 2.09. The Balaban J connectivity index is 1.50. The summed E-state index contributed by atoms with van der Waals surface area (Å²) < 4.78 is 0.754. The molecule has 0 saturated heterocycles. The average Bonchev–Trinajstić information content (AvgIpc) is 3.10.